The van der Waals surface area contributed by atoms with Crippen molar-refractivity contribution in [1.82, 2.24) is 20.0 Å². The van der Waals surface area contributed by atoms with Gasteiger partial charge in [-0.15, -0.1) is 0 Å². The Morgan fingerprint density at radius 3 is 2.67 bits per heavy atom. The van der Waals surface area contributed by atoms with E-state index in [0.29, 0.717) is 13.0 Å². The monoisotopic (exact) mass is 292 g/mol. The van der Waals surface area contributed by atoms with Crippen molar-refractivity contribution in [2.75, 3.05) is 13.1 Å². The van der Waals surface area contributed by atoms with E-state index < -0.39 is 0 Å². The van der Waals surface area contributed by atoms with E-state index in [-0.39, 0.29) is 17.9 Å². The molecule has 0 aromatic carbocycles. The first-order valence-corrected chi connectivity index (χ1v) is 7.42. The zero-order valence-corrected chi connectivity index (χ0v) is 13.3. The van der Waals surface area contributed by atoms with Gasteiger partial charge >= 0.3 is 0 Å². The smallest absolute Gasteiger partial charge is 0.227 e. The van der Waals surface area contributed by atoms with Crippen LogP contribution in [0, 0.1) is 13.8 Å². The summed E-state index contributed by atoms with van der Waals surface area (Å²) in [6.45, 7) is 6.82. The number of nitrogens with one attached hydrogen (secondary N) is 1. The topological polar surface area (TPSA) is 67.2 Å². The van der Waals surface area contributed by atoms with E-state index in [9.17, 15) is 9.59 Å². The van der Waals surface area contributed by atoms with E-state index in [1.165, 1.54) is 6.92 Å². The average molecular weight is 292 g/mol. The number of nitrogens with zero attached hydrogens (tertiary/aromatic N) is 3. The van der Waals surface area contributed by atoms with Crippen molar-refractivity contribution in [2.45, 2.75) is 46.1 Å². The Bertz CT molecular complexity index is 550. The zero-order valence-electron chi connectivity index (χ0n) is 13.3. The van der Waals surface area contributed by atoms with Crippen LogP contribution in [-0.2, 0) is 23.1 Å². The van der Waals surface area contributed by atoms with Crippen LogP contribution in [0.4, 0.5) is 0 Å². The molecule has 1 aliphatic rings. The second-order valence-corrected chi connectivity index (χ2v) is 5.83. The van der Waals surface area contributed by atoms with Crippen LogP contribution in [0.25, 0.3) is 0 Å². The number of carbonyl (C=O) groups excluding carboxylic acids is 2. The number of hydrogen-bond acceptors (Lipinski definition) is 3. The Labute approximate surface area is 125 Å². The third-order valence-electron chi connectivity index (χ3n) is 4.17. The zero-order chi connectivity index (χ0) is 15.6. The molecule has 0 saturated carbocycles. The summed E-state index contributed by atoms with van der Waals surface area (Å²) in [6.07, 6.45) is 2.26. The number of likely N-dealkylation sites (tertiary alicyclic amines) is 1. The first-order valence-electron chi connectivity index (χ1n) is 7.42. The number of carbonyl (C=O) groups is 2. The van der Waals surface area contributed by atoms with Gasteiger partial charge in [0, 0.05) is 44.4 Å². The van der Waals surface area contributed by atoms with Crippen molar-refractivity contribution in [2.24, 2.45) is 7.05 Å². The van der Waals surface area contributed by atoms with Crippen LogP contribution in [0.1, 0.15) is 36.7 Å². The van der Waals surface area contributed by atoms with Gasteiger partial charge in [0.2, 0.25) is 11.8 Å². The van der Waals surface area contributed by atoms with E-state index in [2.05, 4.69) is 10.4 Å². The minimum atomic E-state index is -0.0340. The van der Waals surface area contributed by atoms with Crippen LogP contribution >= 0.6 is 0 Å². The number of hydrogen-bond donors (Lipinski definition) is 1. The second-order valence-electron chi connectivity index (χ2n) is 5.83. The highest BCUT2D eigenvalue weighted by molar-refractivity contribution is 5.79. The Morgan fingerprint density at radius 2 is 2.10 bits per heavy atom. The van der Waals surface area contributed by atoms with Gasteiger partial charge < -0.3 is 10.2 Å². The summed E-state index contributed by atoms with van der Waals surface area (Å²) in [6, 6.07) is 0.0799. The Morgan fingerprint density at radius 1 is 1.38 bits per heavy atom. The summed E-state index contributed by atoms with van der Waals surface area (Å²) in [5.74, 6) is 0.0810. The fraction of sp³-hybridized carbons (Fsp3) is 0.667. The molecule has 1 unspecified atom stereocenters. The molecule has 1 atom stereocenters. The van der Waals surface area contributed by atoms with Gasteiger partial charge in [-0.05, 0) is 26.7 Å². The van der Waals surface area contributed by atoms with Crippen LogP contribution in [0.5, 0.6) is 0 Å². The Balaban J connectivity index is 2.01. The molecule has 0 radical (unpaired) electrons. The van der Waals surface area contributed by atoms with Crippen LogP contribution < -0.4 is 5.32 Å². The van der Waals surface area contributed by atoms with Gasteiger partial charge in [-0.2, -0.15) is 5.10 Å². The normalized spacial score (nSPS) is 18.7. The molecule has 6 nitrogen and oxygen atoms in total. The van der Waals surface area contributed by atoms with Gasteiger partial charge in [-0.25, -0.2) is 0 Å². The van der Waals surface area contributed by atoms with E-state index in [1.54, 1.807) is 0 Å². The lowest BCUT2D eigenvalue weighted by Crippen LogP contribution is -2.49. The van der Waals surface area contributed by atoms with Crippen molar-refractivity contribution >= 4 is 11.8 Å². The first kappa shape index (κ1) is 15.5. The molecule has 2 rings (SSSR count). The third kappa shape index (κ3) is 3.62. The predicted molar refractivity (Wildman–Crippen MR) is 79.8 cm³/mol. The fourth-order valence-electron chi connectivity index (χ4n) is 2.95. The minimum Gasteiger partial charge on any atom is -0.352 e. The maximum Gasteiger partial charge on any atom is 0.227 e. The molecule has 1 aromatic heterocycles. The Kier molecular flexibility index (Phi) is 4.65. The molecular weight excluding hydrogens is 268 g/mol. The molecule has 6 heteroatoms. The quantitative estimate of drug-likeness (QED) is 0.892. The summed E-state index contributed by atoms with van der Waals surface area (Å²) < 4.78 is 1.81. The second kappa shape index (κ2) is 6.28. The molecule has 21 heavy (non-hydrogen) atoms. The number of rotatable bonds is 3. The molecule has 1 saturated heterocycles. The molecule has 2 heterocycles. The molecular formula is C15H24N4O2. The Hall–Kier alpha value is -1.85. The van der Waals surface area contributed by atoms with Crippen LogP contribution in [0.2, 0.25) is 0 Å². The number of aryl methyl sites for hydroxylation is 2. The maximum absolute atomic E-state index is 12.5. The van der Waals surface area contributed by atoms with E-state index >= 15 is 0 Å². The van der Waals surface area contributed by atoms with Gasteiger partial charge in [-0.1, -0.05) is 0 Å². The van der Waals surface area contributed by atoms with Crippen molar-refractivity contribution < 1.29 is 9.59 Å². The summed E-state index contributed by atoms with van der Waals surface area (Å²) in [5.41, 5.74) is 2.97. The van der Waals surface area contributed by atoms with Crippen molar-refractivity contribution in [1.29, 1.82) is 0 Å². The summed E-state index contributed by atoms with van der Waals surface area (Å²) >= 11 is 0. The van der Waals surface area contributed by atoms with Crippen LogP contribution in [0.15, 0.2) is 0 Å². The molecule has 1 aromatic rings. The molecule has 2 amide bonds. The standard InChI is InChI=1S/C15H24N4O2/c1-10-14(11(2)18(4)17-10)8-15(21)19-7-5-6-13(9-19)16-12(3)20/h13H,5-9H2,1-4H3,(H,16,20). The lowest BCUT2D eigenvalue weighted by Gasteiger charge is -2.33. The van der Waals surface area contributed by atoms with E-state index in [1.807, 2.05) is 30.5 Å². The van der Waals surface area contributed by atoms with Gasteiger partial charge in [0.1, 0.15) is 0 Å². The number of piperidine rings is 1. The first-order chi connectivity index (χ1) is 9.88. The molecule has 1 fully saturated rings. The summed E-state index contributed by atoms with van der Waals surface area (Å²) in [4.78, 5) is 25.5. The number of aromatic nitrogens is 2. The highest BCUT2D eigenvalue weighted by atomic mass is 16.2. The number of amides is 2. The molecule has 116 valence electrons. The SMILES string of the molecule is CC(=O)NC1CCCN(C(=O)Cc2c(C)nn(C)c2C)C1. The van der Waals surface area contributed by atoms with Gasteiger partial charge in [0.05, 0.1) is 12.1 Å². The summed E-state index contributed by atoms with van der Waals surface area (Å²) in [5, 5.41) is 7.26. The fourth-order valence-corrected chi connectivity index (χ4v) is 2.95. The lowest BCUT2D eigenvalue weighted by molar-refractivity contribution is -0.132. The van der Waals surface area contributed by atoms with E-state index in [0.717, 1.165) is 36.3 Å². The average Bonchev–Trinajstić information content (AvgIpc) is 2.65. The van der Waals surface area contributed by atoms with Crippen molar-refractivity contribution in [3.05, 3.63) is 17.0 Å². The summed E-state index contributed by atoms with van der Waals surface area (Å²) in [7, 11) is 1.89. The molecule has 1 aliphatic heterocycles. The van der Waals surface area contributed by atoms with Gasteiger partial charge in [0.15, 0.2) is 0 Å². The van der Waals surface area contributed by atoms with Gasteiger partial charge in [-0.3, -0.25) is 14.3 Å². The van der Waals surface area contributed by atoms with E-state index in [4.69, 9.17) is 0 Å². The molecule has 0 spiro atoms. The van der Waals surface area contributed by atoms with Crippen LogP contribution in [0.3, 0.4) is 0 Å². The van der Waals surface area contributed by atoms with Crippen molar-refractivity contribution in [3.8, 4) is 0 Å². The molecule has 0 aliphatic carbocycles. The minimum absolute atomic E-state index is 0.0340. The largest absolute Gasteiger partial charge is 0.352 e. The van der Waals surface area contributed by atoms with Crippen molar-refractivity contribution in [3.63, 3.8) is 0 Å². The predicted octanol–water partition coefficient (Wildman–Crippen LogP) is 0.707. The highest BCUT2D eigenvalue weighted by Gasteiger charge is 2.25. The third-order valence-corrected chi connectivity index (χ3v) is 4.17. The maximum atomic E-state index is 12.5. The highest BCUT2D eigenvalue weighted by Crippen LogP contribution is 2.16. The van der Waals surface area contributed by atoms with Crippen LogP contribution in [-0.4, -0.2) is 45.6 Å². The molecule has 0 bridgehead atoms. The molecule has 1 N–H and O–H groups in total. The van der Waals surface area contributed by atoms with Gasteiger partial charge in [0.25, 0.3) is 0 Å². The lowest BCUT2D eigenvalue weighted by atomic mass is 10.0.